The third kappa shape index (κ3) is 2.64. The highest BCUT2D eigenvalue weighted by Crippen LogP contribution is 2.35. The predicted molar refractivity (Wildman–Crippen MR) is 95.4 cm³/mol. The van der Waals surface area contributed by atoms with Gasteiger partial charge in [0.15, 0.2) is 0 Å². The lowest BCUT2D eigenvalue weighted by molar-refractivity contribution is 0.989. The van der Waals surface area contributed by atoms with Gasteiger partial charge in [-0.25, -0.2) is 0 Å². The molecule has 0 heteroatoms. The molecule has 0 aliphatic carbocycles. The van der Waals surface area contributed by atoms with Gasteiger partial charge in [0.1, 0.15) is 0 Å². The average molecular weight is 292 g/mol. The summed E-state index contributed by atoms with van der Waals surface area (Å²) in [6, 6.07) is 38.0. The number of hydrogen-bond acceptors (Lipinski definition) is 0. The Hall–Kier alpha value is -2.86. The minimum absolute atomic E-state index is 0.213. The molecule has 0 unspecified atom stereocenters. The fraction of sp³-hybridized carbons (Fsp3) is 0.0435. The van der Waals surface area contributed by atoms with Gasteiger partial charge in [0.05, 0.1) is 0 Å². The number of benzene rings is 4. The maximum Gasteiger partial charge on any atom is 0.0346 e. The Bertz CT molecular complexity index is 863. The van der Waals surface area contributed by atoms with Gasteiger partial charge in [-0.3, -0.25) is 0 Å². The Labute approximate surface area is 137 Å². The molecule has 0 spiro atoms. The topological polar surface area (TPSA) is 0 Å². The van der Waals surface area contributed by atoms with Crippen LogP contribution in [0, 0.1) is 12.1 Å². The second-order valence-electron chi connectivity index (χ2n) is 5.67. The summed E-state index contributed by atoms with van der Waals surface area (Å²) < 4.78 is 0. The molecule has 0 aromatic heterocycles. The van der Waals surface area contributed by atoms with Gasteiger partial charge in [0.25, 0.3) is 0 Å². The summed E-state index contributed by atoms with van der Waals surface area (Å²) in [5.74, 6) is 0.213. The zero-order chi connectivity index (χ0) is 15.5. The van der Waals surface area contributed by atoms with Crippen LogP contribution >= 0.6 is 0 Å². The van der Waals surface area contributed by atoms with E-state index in [4.69, 9.17) is 0 Å². The van der Waals surface area contributed by atoms with Crippen LogP contribution in [0.15, 0.2) is 91.0 Å². The van der Waals surface area contributed by atoms with Crippen LogP contribution in [0.3, 0.4) is 0 Å². The van der Waals surface area contributed by atoms with E-state index in [-0.39, 0.29) is 5.92 Å². The Morgan fingerprint density at radius 3 is 1.78 bits per heavy atom. The Kier molecular flexibility index (Phi) is 3.65. The lowest BCUT2D eigenvalue weighted by atomic mass is 9.83. The Morgan fingerprint density at radius 1 is 0.565 bits per heavy atom. The van der Waals surface area contributed by atoms with E-state index >= 15 is 0 Å². The minimum Gasteiger partial charge on any atom is -0.0616 e. The van der Waals surface area contributed by atoms with E-state index in [1.165, 1.54) is 27.5 Å². The van der Waals surface area contributed by atoms with Gasteiger partial charge in [-0.2, -0.15) is 0 Å². The number of hydrogen-bond donors (Lipinski definition) is 0. The summed E-state index contributed by atoms with van der Waals surface area (Å²) in [7, 11) is 0. The normalized spacial score (nSPS) is 11.0. The average Bonchev–Trinajstić information content (AvgIpc) is 2.64. The van der Waals surface area contributed by atoms with E-state index in [1.54, 1.807) is 0 Å². The van der Waals surface area contributed by atoms with Crippen molar-refractivity contribution in [1.29, 1.82) is 0 Å². The molecule has 0 fully saturated rings. The summed E-state index contributed by atoms with van der Waals surface area (Å²) in [6.07, 6.45) is 0. The third-order valence-electron chi connectivity index (χ3n) is 4.29. The Balaban J connectivity index is 1.98. The van der Waals surface area contributed by atoms with Crippen LogP contribution < -0.4 is 0 Å². The monoisotopic (exact) mass is 292 g/mol. The Morgan fingerprint density at radius 2 is 1.13 bits per heavy atom. The molecule has 23 heavy (non-hydrogen) atoms. The molecule has 0 atom stereocenters. The van der Waals surface area contributed by atoms with Crippen molar-refractivity contribution in [1.82, 2.24) is 0 Å². The third-order valence-corrected chi connectivity index (χ3v) is 4.29. The van der Waals surface area contributed by atoms with Crippen LogP contribution in [-0.2, 0) is 0 Å². The molecule has 4 rings (SSSR count). The van der Waals surface area contributed by atoms with E-state index in [0.29, 0.717) is 0 Å². The highest BCUT2D eigenvalue weighted by molar-refractivity contribution is 5.87. The first-order valence-electron chi connectivity index (χ1n) is 7.83. The molecule has 2 radical (unpaired) electrons. The van der Waals surface area contributed by atoms with Gasteiger partial charge in [0.2, 0.25) is 0 Å². The second kappa shape index (κ2) is 6.10. The van der Waals surface area contributed by atoms with E-state index < -0.39 is 0 Å². The van der Waals surface area contributed by atoms with E-state index in [9.17, 15) is 0 Å². The molecule has 0 heterocycles. The number of fused-ring (bicyclic) bond motifs is 1. The van der Waals surface area contributed by atoms with Gasteiger partial charge in [-0.1, -0.05) is 91.0 Å². The molecule has 0 saturated heterocycles. The second-order valence-corrected chi connectivity index (χ2v) is 5.67. The van der Waals surface area contributed by atoms with Crippen LogP contribution in [0.1, 0.15) is 22.6 Å². The molecule has 0 nitrogen and oxygen atoms in total. The van der Waals surface area contributed by atoms with Crippen molar-refractivity contribution < 1.29 is 0 Å². The molecule has 0 aliphatic rings. The summed E-state index contributed by atoms with van der Waals surface area (Å²) in [5, 5.41) is 2.58. The van der Waals surface area contributed by atoms with Crippen LogP contribution in [0.25, 0.3) is 10.8 Å². The van der Waals surface area contributed by atoms with Gasteiger partial charge < -0.3 is 0 Å². The molecule has 108 valence electrons. The molecule has 0 aliphatic heterocycles. The number of rotatable bonds is 3. The van der Waals surface area contributed by atoms with Crippen LogP contribution in [0.4, 0.5) is 0 Å². The van der Waals surface area contributed by atoms with Crippen molar-refractivity contribution in [3.8, 4) is 0 Å². The first kappa shape index (κ1) is 13.8. The predicted octanol–water partition coefficient (Wildman–Crippen LogP) is 5.62. The molecule has 0 amide bonds. The maximum atomic E-state index is 3.12. The smallest absolute Gasteiger partial charge is 0.0346 e. The summed E-state index contributed by atoms with van der Waals surface area (Å²) in [6.45, 7) is 0. The first-order chi connectivity index (χ1) is 11.4. The largest absolute Gasteiger partial charge is 0.0616 e. The zero-order valence-electron chi connectivity index (χ0n) is 12.7. The lowest BCUT2D eigenvalue weighted by Crippen LogP contribution is -2.04. The van der Waals surface area contributed by atoms with E-state index in [1.807, 2.05) is 24.3 Å². The van der Waals surface area contributed by atoms with Crippen molar-refractivity contribution in [2.75, 3.05) is 0 Å². The van der Waals surface area contributed by atoms with Gasteiger partial charge in [-0.05, 0) is 39.6 Å². The van der Waals surface area contributed by atoms with Crippen LogP contribution in [0.5, 0.6) is 0 Å². The van der Waals surface area contributed by atoms with Gasteiger partial charge in [-0.15, -0.1) is 0 Å². The van der Waals surface area contributed by atoms with Crippen molar-refractivity contribution >= 4 is 10.8 Å². The first-order valence-corrected chi connectivity index (χ1v) is 7.83. The van der Waals surface area contributed by atoms with Crippen LogP contribution in [-0.4, -0.2) is 0 Å². The summed E-state index contributed by atoms with van der Waals surface area (Å²) in [5.41, 5.74) is 3.90. The molecule has 0 N–H and O–H groups in total. The summed E-state index contributed by atoms with van der Waals surface area (Å²) >= 11 is 0. The molecule has 0 bridgehead atoms. The molecule has 4 aromatic carbocycles. The van der Waals surface area contributed by atoms with Crippen LogP contribution in [0.2, 0.25) is 0 Å². The minimum atomic E-state index is 0.213. The zero-order valence-corrected chi connectivity index (χ0v) is 12.7. The lowest BCUT2D eigenvalue weighted by Gasteiger charge is -2.20. The highest BCUT2D eigenvalue weighted by Gasteiger charge is 2.18. The van der Waals surface area contributed by atoms with E-state index in [2.05, 4.69) is 78.9 Å². The van der Waals surface area contributed by atoms with Crippen molar-refractivity contribution in [3.05, 3.63) is 120 Å². The fourth-order valence-corrected chi connectivity index (χ4v) is 3.24. The molecule has 4 aromatic rings. The van der Waals surface area contributed by atoms with Crippen molar-refractivity contribution in [2.24, 2.45) is 0 Å². The standard InChI is InChI=1S/C23H16/c1-3-11-19(12-4-1)23(20-13-5-2-6-14-20)22-17-9-15-18-10-7-8-16-21(18)22/h3-17,23H. The molecular formula is C23H16. The van der Waals surface area contributed by atoms with Gasteiger partial charge >= 0.3 is 0 Å². The van der Waals surface area contributed by atoms with Crippen molar-refractivity contribution in [2.45, 2.75) is 5.92 Å². The summed E-state index contributed by atoms with van der Waals surface area (Å²) in [4.78, 5) is 0. The quantitative estimate of drug-likeness (QED) is 0.430. The molecular weight excluding hydrogens is 276 g/mol. The molecule has 0 saturated carbocycles. The van der Waals surface area contributed by atoms with Crippen molar-refractivity contribution in [3.63, 3.8) is 0 Å². The maximum absolute atomic E-state index is 3.12. The fourth-order valence-electron chi connectivity index (χ4n) is 3.24. The SMILES string of the molecule is [c]1ccc(C(c2cc[c]cc2)c2cccc3ccccc23)cc1. The van der Waals surface area contributed by atoms with Gasteiger partial charge in [0, 0.05) is 5.92 Å². The highest BCUT2D eigenvalue weighted by atomic mass is 14.2. The van der Waals surface area contributed by atoms with E-state index in [0.717, 1.165) is 0 Å².